The third kappa shape index (κ3) is 8.36. The number of hydrogen-bond donors (Lipinski definition) is 3. The summed E-state index contributed by atoms with van der Waals surface area (Å²) in [6.07, 6.45) is -1.16. The van der Waals surface area contributed by atoms with E-state index < -0.39 is 180 Å². The molecule has 0 unspecified atom stereocenters. The second kappa shape index (κ2) is 18.9. The van der Waals surface area contributed by atoms with Gasteiger partial charge in [0, 0.05) is 22.3 Å². The maximum atomic E-state index is 15.4. The van der Waals surface area contributed by atoms with E-state index in [9.17, 15) is 57.8 Å². The first-order valence-electron chi connectivity index (χ1n) is 15.0. The maximum absolute atomic E-state index is 15.4. The van der Waals surface area contributed by atoms with Gasteiger partial charge in [-0.25, -0.2) is 99.9 Å². The zero-order valence-electron chi connectivity index (χ0n) is 28.2. The van der Waals surface area contributed by atoms with Crippen molar-refractivity contribution in [2.75, 3.05) is 0 Å². The van der Waals surface area contributed by atoms with Gasteiger partial charge in [-0.2, -0.15) is 18.2 Å². The Morgan fingerprint density at radius 2 is 0.508 bits per heavy atom. The molecule has 0 fully saturated rings. The largest absolute Gasteiger partial charge is 2.00 e. The summed E-state index contributed by atoms with van der Waals surface area (Å²) in [6, 6.07) is 10.0. The summed E-state index contributed by atoms with van der Waals surface area (Å²) in [4.78, 5) is 0. The molecule has 61 heavy (non-hydrogen) atoms. The second-order valence-corrected chi connectivity index (χ2v) is 11.1. The minimum absolute atomic E-state index is 0. The van der Waals surface area contributed by atoms with Gasteiger partial charge in [0.15, 0.2) is 93.1 Å². The average molecular weight is 940 g/mol. The van der Waals surface area contributed by atoms with Crippen LogP contribution in [0.2, 0.25) is 0 Å². The molecule has 324 valence electrons. The van der Waals surface area contributed by atoms with Gasteiger partial charge in [-0.15, -0.1) is 6.26 Å². The van der Waals surface area contributed by atoms with E-state index in [1.165, 1.54) is 0 Å². The Hall–Kier alpha value is -5.69. The van der Waals surface area contributed by atoms with E-state index in [1.54, 1.807) is 0 Å². The van der Waals surface area contributed by atoms with Gasteiger partial charge in [-0.3, -0.25) is 0 Å². The molecule has 0 saturated carbocycles. The van der Waals surface area contributed by atoms with E-state index in [0.717, 1.165) is 0 Å². The molecule has 0 atom stereocenters. The number of benzene rings is 4. The summed E-state index contributed by atoms with van der Waals surface area (Å²) in [7, 11) is -2.17. The summed E-state index contributed by atoms with van der Waals surface area (Å²) >= 11 is 0. The van der Waals surface area contributed by atoms with E-state index >= 15 is 35.1 Å². The molecule has 1 aliphatic carbocycles. The standard InChI is InChI=1S/C30H2F20O.C5H5.BH3O3.Fe/c31-11-7(12(32)20(40)27(47)19(11)39)3-2(1-51)4(8-13(33)21(41)28(48)22(42)14(8)34)6(10-17(37)25(45)30(50)26(46)18(10)38)5(3)9-15(35)23(43)29(49)24(44)16(9)36;1-2-4-5-3-1;2-1(3)4;/h1,51H;1-5H;2-4H;/q;-1;;+2/p-1. The molecular weight excluding hydrogens is 931 g/mol. The predicted octanol–water partition coefficient (Wildman–Crippen LogP) is 8.60. The van der Waals surface area contributed by atoms with Crippen LogP contribution >= 0.6 is 0 Å². The molecule has 0 heterocycles. The molecular formula is C35H9BF20FeO4. The van der Waals surface area contributed by atoms with Crippen LogP contribution < -0.4 is 5.11 Å². The van der Waals surface area contributed by atoms with Gasteiger partial charge in [0.1, 0.15) is 0 Å². The third-order valence-corrected chi connectivity index (χ3v) is 7.80. The minimum atomic E-state index is -3.27. The third-order valence-electron chi connectivity index (χ3n) is 7.80. The van der Waals surface area contributed by atoms with Crippen molar-refractivity contribution >= 4 is 29.6 Å². The van der Waals surface area contributed by atoms with Crippen LogP contribution in [-0.4, -0.2) is 22.4 Å². The monoisotopic (exact) mass is 940 g/mol. The Balaban J connectivity index is 0.000000889. The number of allylic oxidation sites excluding steroid dienone is 5. The summed E-state index contributed by atoms with van der Waals surface area (Å²) in [5.41, 5.74) is -24.4. The molecule has 1 aliphatic rings. The summed E-state index contributed by atoms with van der Waals surface area (Å²) in [5, 5.41) is 34.0. The Labute approximate surface area is 335 Å². The van der Waals surface area contributed by atoms with Gasteiger partial charge < -0.3 is 20.2 Å². The van der Waals surface area contributed by atoms with Crippen LogP contribution in [0.15, 0.2) is 42.2 Å². The van der Waals surface area contributed by atoms with E-state index in [4.69, 9.17) is 15.1 Å². The van der Waals surface area contributed by atoms with Crippen molar-refractivity contribution in [3.8, 4) is 0 Å². The first-order valence-corrected chi connectivity index (χ1v) is 15.0. The van der Waals surface area contributed by atoms with Gasteiger partial charge in [0.25, 0.3) is 0 Å². The molecule has 4 nitrogen and oxygen atoms in total. The Morgan fingerprint density at radius 3 is 0.656 bits per heavy atom. The molecule has 3 N–H and O–H groups in total. The van der Waals surface area contributed by atoms with Gasteiger partial charge >= 0.3 is 24.4 Å². The van der Waals surface area contributed by atoms with Gasteiger partial charge in [-0.05, 0) is 5.57 Å². The average Bonchev–Trinajstić information content (AvgIpc) is 3.89. The van der Waals surface area contributed by atoms with Crippen molar-refractivity contribution in [2.45, 2.75) is 0 Å². The summed E-state index contributed by atoms with van der Waals surface area (Å²) in [5.74, 6) is -64.0. The van der Waals surface area contributed by atoms with E-state index in [2.05, 4.69) is 0 Å². The first-order chi connectivity index (χ1) is 27.9. The zero-order chi connectivity index (χ0) is 45.6. The molecule has 0 aromatic heterocycles. The fraction of sp³-hybridized carbons (Fsp3) is 0. The molecule has 26 heteroatoms. The van der Waals surface area contributed by atoms with E-state index in [-0.39, 0.29) is 17.1 Å². The van der Waals surface area contributed by atoms with Crippen LogP contribution in [0.5, 0.6) is 0 Å². The fourth-order valence-corrected chi connectivity index (χ4v) is 5.40. The molecule has 6 rings (SSSR count). The smallest absolute Gasteiger partial charge is 0.877 e. The number of rotatable bonds is 4. The number of hydrogen-bond acceptors (Lipinski definition) is 4. The van der Waals surface area contributed by atoms with Crippen LogP contribution in [0.3, 0.4) is 0 Å². The van der Waals surface area contributed by atoms with Crippen molar-refractivity contribution in [3.05, 3.63) is 181 Å². The zero-order valence-corrected chi connectivity index (χ0v) is 29.3. The number of halogens is 20. The van der Waals surface area contributed by atoms with Gasteiger partial charge in [0.2, 0.25) is 23.3 Å². The van der Waals surface area contributed by atoms with Crippen LogP contribution in [-0.2, 0) is 17.1 Å². The molecule has 0 saturated heterocycles. The quantitative estimate of drug-likeness (QED) is 0.0422. The molecule has 5 aromatic rings. The van der Waals surface area contributed by atoms with Crippen LogP contribution in [0.4, 0.5) is 87.8 Å². The predicted molar refractivity (Wildman–Crippen MR) is 161 cm³/mol. The van der Waals surface area contributed by atoms with Crippen LogP contribution in [0, 0.1) is 116 Å². The van der Waals surface area contributed by atoms with Crippen molar-refractivity contribution in [2.24, 2.45) is 0 Å². The minimum Gasteiger partial charge on any atom is -0.877 e. The molecule has 5 aromatic carbocycles. The summed E-state index contributed by atoms with van der Waals surface area (Å²) < 4.78 is 294. The van der Waals surface area contributed by atoms with E-state index in [1.807, 2.05) is 30.3 Å². The van der Waals surface area contributed by atoms with Crippen molar-refractivity contribution in [1.29, 1.82) is 0 Å². The van der Waals surface area contributed by atoms with Gasteiger partial charge in [0.05, 0.1) is 22.3 Å². The van der Waals surface area contributed by atoms with Crippen molar-refractivity contribution in [1.82, 2.24) is 0 Å². The molecule has 0 amide bonds. The summed E-state index contributed by atoms with van der Waals surface area (Å²) in [6.45, 7) is 0. The van der Waals surface area contributed by atoms with Crippen LogP contribution in [0.1, 0.15) is 22.3 Å². The van der Waals surface area contributed by atoms with Crippen molar-refractivity contribution in [3.63, 3.8) is 0 Å². The molecule has 0 spiro atoms. The Kier molecular flexibility index (Phi) is 15.4. The Morgan fingerprint density at radius 1 is 0.344 bits per heavy atom. The van der Waals surface area contributed by atoms with Crippen LogP contribution in [0.25, 0.3) is 22.3 Å². The normalized spacial score (nSPS) is 12.3. The van der Waals surface area contributed by atoms with Gasteiger partial charge in [-0.1, -0.05) is 0 Å². The second-order valence-electron chi connectivity index (χ2n) is 11.1. The Bertz CT molecular complexity index is 2370. The topological polar surface area (TPSA) is 83.8 Å². The molecule has 0 aliphatic heterocycles. The van der Waals surface area contributed by atoms with E-state index in [0.29, 0.717) is 0 Å². The van der Waals surface area contributed by atoms with Crippen molar-refractivity contribution < 1.29 is 125 Å². The maximum Gasteiger partial charge on any atom is 2.00 e. The fourth-order valence-electron chi connectivity index (χ4n) is 5.40. The molecule has 0 bridgehead atoms. The first kappa shape index (κ1) is 49.7. The SMILES string of the molecule is OB(O)O.[Fe+2].[O-]C=C1C(c2c(F)c(F)c(F)c(F)c2F)=C(c2c(F)c(F)c(F)c(F)c2F)C(c2c(F)c(F)c(F)c(F)c2F)=C1c1c(F)c(F)c(F)c(F)c1F.c1cc[cH-]c1. The molecule has 0 radical (unpaired) electrons.